The van der Waals surface area contributed by atoms with E-state index >= 15 is 0 Å². The summed E-state index contributed by atoms with van der Waals surface area (Å²) in [6.07, 6.45) is 1.19. The molecule has 0 fully saturated rings. The van der Waals surface area contributed by atoms with Gasteiger partial charge in [0.05, 0.1) is 0 Å². The van der Waals surface area contributed by atoms with Crippen LogP contribution in [0.4, 0.5) is 0 Å². The molecular weight excluding hydrogens is 158 g/mol. The third kappa shape index (κ3) is 1.37. The quantitative estimate of drug-likeness (QED) is 0.644. The maximum Gasteiger partial charge on any atom is 0.0326 e. The van der Waals surface area contributed by atoms with E-state index in [1.54, 1.807) is 0 Å². The van der Waals surface area contributed by atoms with E-state index in [0.29, 0.717) is 11.8 Å². The second-order valence-corrected chi connectivity index (χ2v) is 4.27. The molecule has 0 heterocycles. The molecule has 1 heteroatoms. The lowest BCUT2D eigenvalue weighted by Crippen LogP contribution is -2.31. The van der Waals surface area contributed by atoms with E-state index < -0.39 is 0 Å². The topological polar surface area (TPSA) is 26.0 Å². The largest absolute Gasteiger partial charge is 0.324 e. The summed E-state index contributed by atoms with van der Waals surface area (Å²) in [6.45, 7) is 4.55. The van der Waals surface area contributed by atoms with Gasteiger partial charge in [0.1, 0.15) is 0 Å². The van der Waals surface area contributed by atoms with Crippen molar-refractivity contribution in [3.05, 3.63) is 35.4 Å². The molecule has 3 atom stereocenters. The molecule has 0 bridgehead atoms. The Kier molecular flexibility index (Phi) is 2.12. The van der Waals surface area contributed by atoms with Gasteiger partial charge in [-0.3, -0.25) is 0 Å². The van der Waals surface area contributed by atoms with Gasteiger partial charge in [-0.1, -0.05) is 38.1 Å². The van der Waals surface area contributed by atoms with Crippen molar-refractivity contribution >= 4 is 0 Å². The van der Waals surface area contributed by atoms with E-state index in [1.807, 2.05) is 0 Å². The summed E-state index contributed by atoms with van der Waals surface area (Å²) in [5, 5.41) is 0. The van der Waals surface area contributed by atoms with E-state index in [9.17, 15) is 0 Å². The number of fused-ring (bicyclic) bond motifs is 1. The van der Waals surface area contributed by atoms with Crippen LogP contribution in [0.15, 0.2) is 24.3 Å². The molecule has 0 aliphatic heterocycles. The van der Waals surface area contributed by atoms with Crippen molar-refractivity contribution in [2.45, 2.75) is 26.3 Å². The van der Waals surface area contributed by atoms with Gasteiger partial charge >= 0.3 is 0 Å². The summed E-state index contributed by atoms with van der Waals surface area (Å²) in [5.74, 6) is 1.32. The van der Waals surface area contributed by atoms with E-state index in [0.717, 1.165) is 0 Å². The number of hydrogen-bond donors (Lipinski definition) is 1. The minimum absolute atomic E-state index is 0.236. The standard InChI is InChI=1S/C12H17N/c1-8-7-10-5-3-4-6-11(10)12(13)9(8)2/h3-6,8-9,12H,7,13H2,1-2H3. The minimum Gasteiger partial charge on any atom is -0.324 e. The highest BCUT2D eigenvalue weighted by molar-refractivity contribution is 5.33. The lowest BCUT2D eigenvalue weighted by Gasteiger charge is -2.33. The minimum atomic E-state index is 0.236. The second-order valence-electron chi connectivity index (χ2n) is 4.27. The maximum atomic E-state index is 6.18. The highest BCUT2D eigenvalue weighted by Crippen LogP contribution is 2.35. The van der Waals surface area contributed by atoms with Crippen LogP contribution >= 0.6 is 0 Å². The molecule has 0 saturated heterocycles. The predicted octanol–water partition coefficient (Wildman–Crippen LogP) is 2.51. The Hall–Kier alpha value is -0.820. The zero-order chi connectivity index (χ0) is 9.42. The number of benzene rings is 1. The summed E-state index contributed by atoms with van der Waals surface area (Å²) in [4.78, 5) is 0. The summed E-state index contributed by atoms with van der Waals surface area (Å²) in [5.41, 5.74) is 8.98. The highest BCUT2D eigenvalue weighted by atomic mass is 14.7. The number of rotatable bonds is 0. The average Bonchev–Trinajstić information content (AvgIpc) is 2.15. The second kappa shape index (κ2) is 3.15. The summed E-state index contributed by atoms with van der Waals surface area (Å²) < 4.78 is 0. The fourth-order valence-electron chi connectivity index (χ4n) is 2.22. The van der Waals surface area contributed by atoms with Gasteiger partial charge in [-0.05, 0) is 29.4 Å². The van der Waals surface area contributed by atoms with Crippen molar-refractivity contribution in [1.82, 2.24) is 0 Å². The first-order chi connectivity index (χ1) is 6.20. The molecular formula is C12H17N. The van der Waals surface area contributed by atoms with Crippen LogP contribution in [0.5, 0.6) is 0 Å². The van der Waals surface area contributed by atoms with Gasteiger partial charge in [0.25, 0.3) is 0 Å². The Morgan fingerprint density at radius 2 is 1.92 bits per heavy atom. The van der Waals surface area contributed by atoms with Crippen LogP contribution < -0.4 is 5.73 Å². The highest BCUT2D eigenvalue weighted by Gasteiger charge is 2.28. The maximum absolute atomic E-state index is 6.18. The van der Waals surface area contributed by atoms with Crippen LogP contribution in [0.25, 0.3) is 0 Å². The lowest BCUT2D eigenvalue weighted by molar-refractivity contribution is 0.304. The van der Waals surface area contributed by atoms with Crippen molar-refractivity contribution in [2.24, 2.45) is 17.6 Å². The van der Waals surface area contributed by atoms with E-state index in [1.165, 1.54) is 17.5 Å². The van der Waals surface area contributed by atoms with E-state index in [4.69, 9.17) is 5.73 Å². The normalized spacial score (nSPS) is 32.7. The van der Waals surface area contributed by atoms with Crippen LogP contribution in [0.2, 0.25) is 0 Å². The van der Waals surface area contributed by atoms with Crippen LogP contribution in [-0.2, 0) is 6.42 Å². The molecule has 13 heavy (non-hydrogen) atoms. The molecule has 0 saturated carbocycles. The third-order valence-electron chi connectivity index (χ3n) is 3.42. The predicted molar refractivity (Wildman–Crippen MR) is 55.4 cm³/mol. The van der Waals surface area contributed by atoms with Crippen molar-refractivity contribution < 1.29 is 0 Å². The van der Waals surface area contributed by atoms with Crippen molar-refractivity contribution in [2.75, 3.05) is 0 Å². The lowest BCUT2D eigenvalue weighted by atomic mass is 9.75. The van der Waals surface area contributed by atoms with E-state index in [-0.39, 0.29) is 6.04 Å². The molecule has 1 aromatic rings. The Labute approximate surface area is 80.0 Å². The van der Waals surface area contributed by atoms with Gasteiger partial charge < -0.3 is 5.73 Å². The molecule has 1 aromatic carbocycles. The third-order valence-corrected chi connectivity index (χ3v) is 3.42. The summed E-state index contributed by atoms with van der Waals surface area (Å²) in [6, 6.07) is 8.80. The fraction of sp³-hybridized carbons (Fsp3) is 0.500. The van der Waals surface area contributed by atoms with Crippen molar-refractivity contribution in [1.29, 1.82) is 0 Å². The van der Waals surface area contributed by atoms with Gasteiger partial charge in [0, 0.05) is 6.04 Å². The first-order valence-electron chi connectivity index (χ1n) is 5.03. The van der Waals surface area contributed by atoms with Crippen molar-refractivity contribution in [3.8, 4) is 0 Å². The monoisotopic (exact) mass is 175 g/mol. The molecule has 1 aliphatic rings. The Bertz CT molecular complexity index is 306. The van der Waals surface area contributed by atoms with Crippen LogP contribution in [0, 0.1) is 11.8 Å². The van der Waals surface area contributed by atoms with E-state index in [2.05, 4.69) is 38.1 Å². The molecule has 70 valence electrons. The molecule has 3 unspecified atom stereocenters. The summed E-state index contributed by atoms with van der Waals surface area (Å²) >= 11 is 0. The number of hydrogen-bond acceptors (Lipinski definition) is 1. The average molecular weight is 175 g/mol. The summed E-state index contributed by atoms with van der Waals surface area (Å²) in [7, 11) is 0. The molecule has 2 N–H and O–H groups in total. The van der Waals surface area contributed by atoms with Gasteiger partial charge in [-0.15, -0.1) is 0 Å². The van der Waals surface area contributed by atoms with Gasteiger partial charge in [0.2, 0.25) is 0 Å². The first kappa shape index (κ1) is 8.76. The SMILES string of the molecule is CC1Cc2ccccc2C(N)C1C. The zero-order valence-electron chi connectivity index (χ0n) is 8.33. The number of nitrogens with two attached hydrogens (primary N) is 1. The van der Waals surface area contributed by atoms with Crippen LogP contribution in [0.1, 0.15) is 31.0 Å². The molecule has 0 amide bonds. The molecule has 1 nitrogen and oxygen atoms in total. The molecule has 0 spiro atoms. The smallest absolute Gasteiger partial charge is 0.0326 e. The molecule has 2 rings (SSSR count). The van der Waals surface area contributed by atoms with Gasteiger partial charge in [-0.2, -0.15) is 0 Å². The Morgan fingerprint density at radius 3 is 2.69 bits per heavy atom. The van der Waals surface area contributed by atoms with Gasteiger partial charge in [-0.25, -0.2) is 0 Å². The Morgan fingerprint density at radius 1 is 1.23 bits per heavy atom. The van der Waals surface area contributed by atoms with Gasteiger partial charge in [0.15, 0.2) is 0 Å². The van der Waals surface area contributed by atoms with Crippen molar-refractivity contribution in [3.63, 3.8) is 0 Å². The molecule has 0 aromatic heterocycles. The Balaban J connectivity index is 2.43. The van der Waals surface area contributed by atoms with Crippen LogP contribution in [0.3, 0.4) is 0 Å². The fourth-order valence-corrected chi connectivity index (χ4v) is 2.22. The van der Waals surface area contributed by atoms with Crippen LogP contribution in [-0.4, -0.2) is 0 Å². The first-order valence-corrected chi connectivity index (χ1v) is 5.03. The molecule has 0 radical (unpaired) electrons. The zero-order valence-corrected chi connectivity index (χ0v) is 8.33. The molecule has 1 aliphatic carbocycles.